The van der Waals surface area contributed by atoms with Gasteiger partial charge in [0.05, 0.1) is 11.1 Å². The lowest BCUT2D eigenvalue weighted by Gasteiger charge is -2.14. The molecule has 0 aliphatic heterocycles. The molecule has 0 radical (unpaired) electrons. The molecule has 2 aromatic carbocycles. The van der Waals surface area contributed by atoms with Gasteiger partial charge in [-0.2, -0.15) is 0 Å². The van der Waals surface area contributed by atoms with Crippen LogP contribution in [0.2, 0.25) is 5.02 Å². The molecule has 0 aromatic heterocycles. The lowest BCUT2D eigenvalue weighted by atomic mass is 10.1. The summed E-state index contributed by atoms with van der Waals surface area (Å²) >= 11 is 5.67. The molecule has 0 heterocycles. The summed E-state index contributed by atoms with van der Waals surface area (Å²) in [5, 5.41) is 9.59. The highest BCUT2D eigenvalue weighted by atomic mass is 35.5. The van der Waals surface area contributed by atoms with E-state index in [-0.39, 0.29) is 22.9 Å². The number of aliphatic hydroxyl groups is 1. The van der Waals surface area contributed by atoms with Gasteiger partial charge in [0.1, 0.15) is 24.0 Å². The molecular formula is C15H13ClF2O2. The van der Waals surface area contributed by atoms with Crippen molar-refractivity contribution in [2.75, 3.05) is 0 Å². The molecule has 5 heteroatoms. The molecule has 1 N–H and O–H groups in total. The standard InChI is InChI=1S/C15H13ClF2O2/c1-9(19)12-6-5-11(17)7-14(12)20-8-10-3-2-4-13(16)15(10)18/h2-7,9,19H,8H2,1H3/t9-/m0/s1. The molecule has 2 nitrogen and oxygen atoms in total. The minimum atomic E-state index is -0.810. The first kappa shape index (κ1) is 14.8. The van der Waals surface area contributed by atoms with Crippen LogP contribution in [0.25, 0.3) is 0 Å². The first-order valence-corrected chi connectivity index (χ1v) is 6.40. The fourth-order valence-corrected chi connectivity index (χ4v) is 1.99. The highest BCUT2D eigenvalue weighted by Gasteiger charge is 2.12. The Bertz CT molecular complexity index is 615. The van der Waals surface area contributed by atoms with Gasteiger partial charge >= 0.3 is 0 Å². The van der Waals surface area contributed by atoms with E-state index in [1.807, 2.05) is 0 Å². The van der Waals surface area contributed by atoms with Crippen LogP contribution in [-0.4, -0.2) is 5.11 Å². The van der Waals surface area contributed by atoms with E-state index in [2.05, 4.69) is 0 Å². The minimum absolute atomic E-state index is 0.00101. The predicted molar refractivity (Wildman–Crippen MR) is 72.8 cm³/mol. The summed E-state index contributed by atoms with van der Waals surface area (Å²) in [4.78, 5) is 0. The van der Waals surface area contributed by atoms with Crippen molar-refractivity contribution < 1.29 is 18.6 Å². The summed E-state index contributed by atoms with van der Waals surface area (Å²) in [5.74, 6) is -0.875. The maximum absolute atomic E-state index is 13.7. The smallest absolute Gasteiger partial charge is 0.148 e. The zero-order valence-corrected chi connectivity index (χ0v) is 11.5. The van der Waals surface area contributed by atoms with Crippen LogP contribution in [0.15, 0.2) is 36.4 Å². The Morgan fingerprint density at radius 3 is 2.70 bits per heavy atom. The van der Waals surface area contributed by atoms with Gasteiger partial charge < -0.3 is 9.84 Å². The molecule has 0 aliphatic carbocycles. The minimum Gasteiger partial charge on any atom is -0.488 e. The second kappa shape index (κ2) is 6.20. The van der Waals surface area contributed by atoms with E-state index in [4.69, 9.17) is 16.3 Å². The van der Waals surface area contributed by atoms with E-state index >= 15 is 0 Å². The molecule has 2 aromatic rings. The summed E-state index contributed by atoms with van der Waals surface area (Å²) in [6, 6.07) is 8.39. The Kier molecular flexibility index (Phi) is 4.57. The second-order valence-electron chi connectivity index (χ2n) is 4.36. The lowest BCUT2D eigenvalue weighted by molar-refractivity contribution is 0.189. The van der Waals surface area contributed by atoms with Crippen molar-refractivity contribution in [3.63, 3.8) is 0 Å². The number of halogens is 3. The van der Waals surface area contributed by atoms with Gasteiger partial charge in [-0.25, -0.2) is 8.78 Å². The van der Waals surface area contributed by atoms with E-state index in [9.17, 15) is 13.9 Å². The molecule has 2 rings (SSSR count). The van der Waals surface area contributed by atoms with Crippen LogP contribution in [0.4, 0.5) is 8.78 Å². The van der Waals surface area contributed by atoms with E-state index in [0.29, 0.717) is 5.56 Å². The van der Waals surface area contributed by atoms with Crippen LogP contribution in [-0.2, 0) is 6.61 Å². The Morgan fingerprint density at radius 2 is 2.00 bits per heavy atom. The third kappa shape index (κ3) is 3.26. The van der Waals surface area contributed by atoms with Crippen LogP contribution >= 0.6 is 11.6 Å². The summed E-state index contributed by atoms with van der Waals surface area (Å²) < 4.78 is 32.3. The van der Waals surface area contributed by atoms with Gasteiger partial charge in [-0.15, -0.1) is 0 Å². The first-order chi connectivity index (χ1) is 9.49. The summed E-state index contributed by atoms with van der Waals surface area (Å²) in [6.45, 7) is 1.44. The van der Waals surface area contributed by atoms with E-state index in [0.717, 1.165) is 6.07 Å². The van der Waals surface area contributed by atoms with Crippen molar-refractivity contribution in [2.45, 2.75) is 19.6 Å². The molecule has 106 valence electrons. The average molecular weight is 299 g/mol. The summed E-state index contributed by atoms with van der Waals surface area (Å²) in [6.07, 6.45) is -0.810. The van der Waals surface area contributed by atoms with Crippen LogP contribution in [0.5, 0.6) is 5.75 Å². The third-order valence-corrected chi connectivity index (χ3v) is 3.13. The number of benzene rings is 2. The van der Waals surface area contributed by atoms with Crippen molar-refractivity contribution in [3.05, 3.63) is 64.2 Å². The Labute approximate surface area is 120 Å². The van der Waals surface area contributed by atoms with Crippen LogP contribution < -0.4 is 4.74 Å². The molecule has 0 bridgehead atoms. The molecule has 1 atom stereocenters. The number of hydrogen-bond donors (Lipinski definition) is 1. The zero-order chi connectivity index (χ0) is 14.7. The molecule has 0 aliphatic rings. The Morgan fingerprint density at radius 1 is 1.25 bits per heavy atom. The monoisotopic (exact) mass is 298 g/mol. The molecule has 0 amide bonds. The molecule has 0 saturated heterocycles. The maximum Gasteiger partial charge on any atom is 0.148 e. The third-order valence-electron chi connectivity index (χ3n) is 2.84. The Hall–Kier alpha value is -1.65. The zero-order valence-electron chi connectivity index (χ0n) is 10.7. The highest BCUT2D eigenvalue weighted by molar-refractivity contribution is 6.30. The van der Waals surface area contributed by atoms with Crippen LogP contribution in [0, 0.1) is 11.6 Å². The number of ether oxygens (including phenoxy) is 1. The fraction of sp³-hybridized carbons (Fsp3) is 0.200. The predicted octanol–water partition coefficient (Wildman–Crippen LogP) is 4.25. The number of rotatable bonds is 4. The van der Waals surface area contributed by atoms with E-state index in [1.54, 1.807) is 13.0 Å². The quantitative estimate of drug-likeness (QED) is 0.914. The number of hydrogen-bond acceptors (Lipinski definition) is 2. The topological polar surface area (TPSA) is 29.5 Å². The van der Waals surface area contributed by atoms with Gasteiger partial charge in [-0.05, 0) is 25.1 Å². The average Bonchev–Trinajstić information content (AvgIpc) is 2.40. The van der Waals surface area contributed by atoms with Crippen LogP contribution in [0.1, 0.15) is 24.2 Å². The SMILES string of the molecule is C[C@H](O)c1ccc(F)cc1OCc1cccc(Cl)c1F. The van der Waals surface area contributed by atoms with Gasteiger partial charge in [-0.1, -0.05) is 23.7 Å². The van der Waals surface area contributed by atoms with Gasteiger partial charge in [0.2, 0.25) is 0 Å². The van der Waals surface area contributed by atoms with Crippen molar-refractivity contribution in [1.82, 2.24) is 0 Å². The van der Waals surface area contributed by atoms with Gasteiger partial charge in [0.25, 0.3) is 0 Å². The first-order valence-electron chi connectivity index (χ1n) is 6.02. The molecule has 0 spiro atoms. The van der Waals surface area contributed by atoms with E-state index < -0.39 is 17.7 Å². The molecule has 0 fully saturated rings. The van der Waals surface area contributed by atoms with Crippen molar-refractivity contribution >= 4 is 11.6 Å². The molecule has 0 saturated carbocycles. The maximum atomic E-state index is 13.7. The lowest BCUT2D eigenvalue weighted by Crippen LogP contribution is -2.03. The summed E-state index contributed by atoms with van der Waals surface area (Å²) in [7, 11) is 0. The molecule has 20 heavy (non-hydrogen) atoms. The largest absolute Gasteiger partial charge is 0.488 e. The van der Waals surface area contributed by atoms with Crippen LogP contribution in [0.3, 0.4) is 0 Å². The molecular weight excluding hydrogens is 286 g/mol. The fourth-order valence-electron chi connectivity index (χ4n) is 1.79. The van der Waals surface area contributed by atoms with E-state index in [1.165, 1.54) is 24.3 Å². The number of aliphatic hydroxyl groups excluding tert-OH is 1. The second-order valence-corrected chi connectivity index (χ2v) is 4.77. The molecule has 0 unspecified atom stereocenters. The highest BCUT2D eigenvalue weighted by Crippen LogP contribution is 2.27. The van der Waals surface area contributed by atoms with Crippen molar-refractivity contribution in [2.24, 2.45) is 0 Å². The van der Waals surface area contributed by atoms with Gasteiger partial charge in [-0.3, -0.25) is 0 Å². The van der Waals surface area contributed by atoms with Crippen molar-refractivity contribution in [1.29, 1.82) is 0 Å². The Balaban J connectivity index is 2.22. The normalized spacial score (nSPS) is 12.2. The van der Waals surface area contributed by atoms with Gasteiger partial charge in [0.15, 0.2) is 0 Å². The van der Waals surface area contributed by atoms with Gasteiger partial charge in [0, 0.05) is 17.2 Å². The van der Waals surface area contributed by atoms with Crippen molar-refractivity contribution in [3.8, 4) is 5.75 Å². The summed E-state index contributed by atoms with van der Waals surface area (Å²) in [5.41, 5.74) is 0.701.